The van der Waals surface area contributed by atoms with Gasteiger partial charge < -0.3 is 4.74 Å². The third-order valence-corrected chi connectivity index (χ3v) is 7.28. The van der Waals surface area contributed by atoms with Gasteiger partial charge in [0.1, 0.15) is 0 Å². The summed E-state index contributed by atoms with van der Waals surface area (Å²) < 4.78 is 5.91. The van der Waals surface area contributed by atoms with Crippen molar-refractivity contribution < 1.29 is 4.74 Å². The second-order valence-electron chi connectivity index (χ2n) is 5.87. The number of allylic oxidation sites excluding steroid dienone is 1. The van der Waals surface area contributed by atoms with Crippen molar-refractivity contribution in [2.45, 2.75) is 82.5 Å². The van der Waals surface area contributed by atoms with Crippen LogP contribution >= 0.6 is 0 Å². The van der Waals surface area contributed by atoms with E-state index in [0.29, 0.717) is 5.73 Å². The normalized spacial score (nSPS) is 21.7. The topological polar surface area (TPSA) is 9.23 Å². The van der Waals surface area contributed by atoms with Crippen LogP contribution in [0.4, 0.5) is 0 Å². The molecule has 1 aliphatic rings. The Morgan fingerprint density at radius 1 is 1.11 bits per heavy atom. The Labute approximate surface area is 116 Å². The Bertz CT molecular complexity index is 199. The van der Waals surface area contributed by atoms with Gasteiger partial charge in [-0.25, -0.2) is 0 Å². The van der Waals surface area contributed by atoms with Crippen LogP contribution in [0.15, 0.2) is 12.7 Å². The van der Waals surface area contributed by atoms with Gasteiger partial charge >= 0.3 is 0 Å². The van der Waals surface area contributed by atoms with Crippen LogP contribution in [0.3, 0.4) is 0 Å². The van der Waals surface area contributed by atoms with Crippen LogP contribution in [0.25, 0.3) is 0 Å². The first-order chi connectivity index (χ1) is 8.84. The van der Waals surface area contributed by atoms with Crippen LogP contribution in [0, 0.1) is 0 Å². The molecule has 2 atom stereocenters. The van der Waals surface area contributed by atoms with Crippen molar-refractivity contribution in [2.24, 2.45) is 0 Å². The second kappa shape index (κ2) is 10.8. The highest BCUT2D eigenvalue weighted by Crippen LogP contribution is 2.19. The van der Waals surface area contributed by atoms with E-state index in [-0.39, 0.29) is 0 Å². The molecule has 1 rings (SSSR count). The van der Waals surface area contributed by atoms with Gasteiger partial charge in [0, 0.05) is 12.3 Å². The molecule has 0 aromatic rings. The van der Waals surface area contributed by atoms with Crippen molar-refractivity contribution in [1.82, 2.24) is 0 Å². The predicted molar refractivity (Wildman–Crippen MR) is 83.9 cm³/mol. The molecule has 0 spiro atoms. The van der Waals surface area contributed by atoms with E-state index in [9.17, 15) is 0 Å². The highest BCUT2D eigenvalue weighted by atomic mass is 28.3. The summed E-state index contributed by atoms with van der Waals surface area (Å²) in [5.41, 5.74) is 0.700. The molecule has 0 N–H and O–H groups in total. The number of hydrogen-bond donors (Lipinski definition) is 0. The van der Waals surface area contributed by atoms with Gasteiger partial charge in [-0.15, -0.1) is 6.58 Å². The van der Waals surface area contributed by atoms with Crippen molar-refractivity contribution in [3.63, 3.8) is 0 Å². The fourth-order valence-corrected chi connectivity index (χ4v) is 5.44. The summed E-state index contributed by atoms with van der Waals surface area (Å²) in [5, 5.41) is 0. The zero-order valence-electron chi connectivity index (χ0n) is 12.3. The molecule has 106 valence electrons. The molecule has 2 unspecified atom stereocenters. The molecule has 0 aliphatic carbocycles. The van der Waals surface area contributed by atoms with Crippen molar-refractivity contribution in [2.75, 3.05) is 6.61 Å². The highest BCUT2D eigenvalue weighted by Gasteiger charge is 2.21. The lowest BCUT2D eigenvalue weighted by Gasteiger charge is -2.27. The average Bonchev–Trinajstić information content (AvgIpc) is 2.42. The minimum atomic E-state index is -0.589. The molecule has 0 amide bonds. The Morgan fingerprint density at radius 2 is 1.83 bits per heavy atom. The van der Waals surface area contributed by atoms with Crippen LogP contribution in [-0.4, -0.2) is 21.1 Å². The smallest absolute Gasteiger partial charge is 0.0686 e. The monoisotopic (exact) mass is 268 g/mol. The molecular weight excluding hydrogens is 236 g/mol. The zero-order chi connectivity index (χ0) is 13.1. The van der Waals surface area contributed by atoms with Gasteiger partial charge in [0.05, 0.1) is 8.80 Å². The summed E-state index contributed by atoms with van der Waals surface area (Å²) in [6.07, 6.45) is 15.8. The molecule has 1 saturated heterocycles. The molecule has 2 heteroatoms. The van der Waals surface area contributed by atoms with E-state index in [1.807, 2.05) is 6.08 Å². The van der Waals surface area contributed by atoms with Crippen LogP contribution in [0.1, 0.15) is 64.2 Å². The van der Waals surface area contributed by atoms with Crippen LogP contribution < -0.4 is 0 Å². The second-order valence-corrected chi connectivity index (χ2v) is 9.15. The lowest BCUT2D eigenvalue weighted by atomic mass is 10.1. The standard InChI is InChI=1S/C16H32OSi/c1-3-4-5-6-7-8-9-12-15-18(2)16-13-10-11-14-17-16/h3,16,18H,1,4-15H2,2H3. The molecule has 1 heterocycles. The molecule has 18 heavy (non-hydrogen) atoms. The van der Waals surface area contributed by atoms with Crippen LogP contribution in [-0.2, 0) is 4.74 Å². The summed E-state index contributed by atoms with van der Waals surface area (Å²) >= 11 is 0. The minimum Gasteiger partial charge on any atom is -0.382 e. The van der Waals surface area contributed by atoms with Gasteiger partial charge in [-0.05, 0) is 32.1 Å². The third-order valence-electron chi connectivity index (χ3n) is 4.17. The zero-order valence-corrected chi connectivity index (χ0v) is 13.5. The number of hydrogen-bond acceptors (Lipinski definition) is 1. The SMILES string of the molecule is C=CCCCCCCCC[SiH](C)C1CCCCO1. The van der Waals surface area contributed by atoms with E-state index in [4.69, 9.17) is 4.74 Å². The maximum atomic E-state index is 5.91. The van der Waals surface area contributed by atoms with E-state index < -0.39 is 8.80 Å². The van der Waals surface area contributed by atoms with Crippen molar-refractivity contribution in [1.29, 1.82) is 0 Å². The van der Waals surface area contributed by atoms with Gasteiger partial charge in [0.2, 0.25) is 0 Å². The summed E-state index contributed by atoms with van der Waals surface area (Å²) in [5.74, 6) is 0. The minimum absolute atomic E-state index is 0.589. The summed E-state index contributed by atoms with van der Waals surface area (Å²) in [7, 11) is -0.589. The largest absolute Gasteiger partial charge is 0.382 e. The molecule has 1 nitrogen and oxygen atoms in total. The first-order valence-electron chi connectivity index (χ1n) is 8.07. The maximum Gasteiger partial charge on any atom is 0.0686 e. The third kappa shape index (κ3) is 7.37. The van der Waals surface area contributed by atoms with Gasteiger partial charge in [-0.1, -0.05) is 50.8 Å². The fraction of sp³-hybridized carbons (Fsp3) is 0.875. The molecule has 0 radical (unpaired) electrons. The summed E-state index contributed by atoms with van der Waals surface area (Å²) in [6, 6.07) is 1.50. The van der Waals surface area contributed by atoms with Crippen molar-refractivity contribution in [3.8, 4) is 0 Å². The molecule has 0 bridgehead atoms. The molecule has 0 saturated carbocycles. The van der Waals surface area contributed by atoms with E-state index in [1.54, 1.807) is 0 Å². The molecule has 1 aliphatic heterocycles. The van der Waals surface area contributed by atoms with Crippen LogP contribution in [0.5, 0.6) is 0 Å². The molecule has 1 fully saturated rings. The number of rotatable bonds is 10. The van der Waals surface area contributed by atoms with E-state index >= 15 is 0 Å². The molecular formula is C16H32OSi. The Balaban J connectivity index is 1.88. The molecule has 0 aromatic heterocycles. The van der Waals surface area contributed by atoms with E-state index in [0.717, 1.165) is 6.61 Å². The van der Waals surface area contributed by atoms with Crippen molar-refractivity contribution >= 4 is 8.80 Å². The Hall–Kier alpha value is -0.0831. The quantitative estimate of drug-likeness (QED) is 0.312. The summed E-state index contributed by atoms with van der Waals surface area (Å²) in [6.45, 7) is 7.31. The Morgan fingerprint density at radius 3 is 2.50 bits per heavy atom. The first-order valence-corrected chi connectivity index (χ1v) is 10.7. The number of unbranched alkanes of at least 4 members (excludes halogenated alkanes) is 6. The number of ether oxygens (including phenoxy) is 1. The van der Waals surface area contributed by atoms with Gasteiger partial charge in [0.15, 0.2) is 0 Å². The maximum absolute atomic E-state index is 5.91. The van der Waals surface area contributed by atoms with Gasteiger partial charge in [-0.2, -0.15) is 0 Å². The van der Waals surface area contributed by atoms with E-state index in [2.05, 4.69) is 13.1 Å². The fourth-order valence-electron chi connectivity index (χ4n) is 2.86. The lowest BCUT2D eigenvalue weighted by Crippen LogP contribution is -2.33. The average molecular weight is 269 g/mol. The first kappa shape index (κ1) is 16.0. The Kier molecular flexibility index (Phi) is 9.59. The highest BCUT2D eigenvalue weighted by molar-refractivity contribution is 6.58. The predicted octanol–water partition coefficient (Wildman–Crippen LogP) is 4.87. The van der Waals surface area contributed by atoms with E-state index in [1.165, 1.54) is 70.3 Å². The van der Waals surface area contributed by atoms with Crippen LogP contribution in [0.2, 0.25) is 12.6 Å². The molecule has 0 aromatic carbocycles. The summed E-state index contributed by atoms with van der Waals surface area (Å²) in [4.78, 5) is 0. The van der Waals surface area contributed by atoms with Crippen molar-refractivity contribution in [3.05, 3.63) is 12.7 Å². The lowest BCUT2D eigenvalue weighted by molar-refractivity contribution is 0.0625. The van der Waals surface area contributed by atoms with Gasteiger partial charge in [0.25, 0.3) is 0 Å². The van der Waals surface area contributed by atoms with Gasteiger partial charge in [-0.3, -0.25) is 0 Å².